The number of fused-ring (bicyclic) bond motifs is 1. The average Bonchev–Trinajstić information content (AvgIpc) is 2.49. The van der Waals surface area contributed by atoms with E-state index in [2.05, 4.69) is 31.7 Å². The van der Waals surface area contributed by atoms with E-state index in [0.29, 0.717) is 6.61 Å². The van der Waals surface area contributed by atoms with Crippen LogP contribution in [0.1, 0.15) is 50.8 Å². The van der Waals surface area contributed by atoms with Gasteiger partial charge in [0.15, 0.2) is 0 Å². The summed E-state index contributed by atoms with van der Waals surface area (Å²) in [5.74, 6) is 0.908. The summed E-state index contributed by atoms with van der Waals surface area (Å²) in [6.45, 7) is 9.04. The molecule has 1 aliphatic heterocycles. The molecule has 1 aliphatic rings. The molecule has 1 N–H and O–H groups in total. The summed E-state index contributed by atoms with van der Waals surface area (Å²) in [5, 5.41) is 10.7. The lowest BCUT2D eigenvalue weighted by molar-refractivity contribution is 0.00465. The van der Waals surface area contributed by atoms with Crippen LogP contribution in [0.4, 0.5) is 0 Å². The summed E-state index contributed by atoms with van der Waals surface area (Å²) < 4.78 is 5.99. The molecule has 0 aliphatic carbocycles. The number of aliphatic hydroxyl groups is 1. The van der Waals surface area contributed by atoms with Gasteiger partial charge in [-0.3, -0.25) is 4.90 Å². The molecule has 1 heterocycles. The number of hydrogen-bond donors (Lipinski definition) is 1. The third kappa shape index (κ3) is 2.99. The van der Waals surface area contributed by atoms with E-state index in [1.165, 1.54) is 18.4 Å². The van der Waals surface area contributed by atoms with E-state index >= 15 is 0 Å². The zero-order valence-electron chi connectivity index (χ0n) is 12.9. The maximum absolute atomic E-state index is 10.7. The molecule has 0 amide bonds. The maximum atomic E-state index is 10.7. The van der Waals surface area contributed by atoms with Crippen LogP contribution < -0.4 is 4.74 Å². The lowest BCUT2D eigenvalue weighted by Crippen LogP contribution is -2.46. The zero-order valence-corrected chi connectivity index (χ0v) is 12.9. The molecule has 112 valence electrons. The highest BCUT2D eigenvalue weighted by atomic mass is 16.5. The number of aliphatic hydroxyl groups excluding tert-OH is 1. The predicted octanol–water partition coefficient (Wildman–Crippen LogP) is 3.17. The minimum absolute atomic E-state index is 0.0751. The number of aryl methyl sites for hydroxylation is 1. The molecule has 0 saturated carbocycles. The fourth-order valence-electron chi connectivity index (χ4n) is 2.98. The van der Waals surface area contributed by atoms with E-state index in [0.717, 1.165) is 30.8 Å². The van der Waals surface area contributed by atoms with Crippen molar-refractivity contribution in [2.24, 2.45) is 0 Å². The molecule has 2 rings (SSSR count). The number of hydrogen-bond acceptors (Lipinski definition) is 3. The Bertz CT molecular complexity index is 433. The van der Waals surface area contributed by atoms with E-state index in [4.69, 9.17) is 4.74 Å². The van der Waals surface area contributed by atoms with Gasteiger partial charge in [-0.15, -0.1) is 0 Å². The van der Waals surface area contributed by atoms with Crippen molar-refractivity contribution >= 4 is 0 Å². The minimum atomic E-state index is -0.443. The van der Waals surface area contributed by atoms with Crippen LogP contribution in [0, 0.1) is 0 Å². The van der Waals surface area contributed by atoms with Crippen LogP contribution in [0.15, 0.2) is 18.2 Å². The van der Waals surface area contributed by atoms with E-state index in [1.807, 2.05) is 12.1 Å². The van der Waals surface area contributed by atoms with Gasteiger partial charge in [0.05, 0.1) is 6.04 Å². The summed E-state index contributed by atoms with van der Waals surface area (Å²) in [5.41, 5.74) is 2.15. The maximum Gasteiger partial charge on any atom is 0.128 e. The zero-order chi connectivity index (χ0) is 14.5. The fourth-order valence-corrected chi connectivity index (χ4v) is 2.98. The van der Waals surface area contributed by atoms with Crippen molar-refractivity contribution in [2.45, 2.75) is 52.2 Å². The summed E-state index contributed by atoms with van der Waals surface area (Å²) in [4.78, 5) is 2.34. The molecular formula is C17H27NO2. The SMILES string of the molecule is CCCCN(CC)C1COc2c(CC)cccc2C1O. The summed E-state index contributed by atoms with van der Waals surface area (Å²) >= 11 is 0. The Morgan fingerprint density at radius 2 is 2.10 bits per heavy atom. The first-order valence-electron chi connectivity index (χ1n) is 7.89. The van der Waals surface area contributed by atoms with E-state index in [1.54, 1.807) is 0 Å². The van der Waals surface area contributed by atoms with E-state index < -0.39 is 6.10 Å². The van der Waals surface area contributed by atoms with Crippen LogP contribution in [0.5, 0.6) is 5.75 Å². The van der Waals surface area contributed by atoms with Crippen molar-refractivity contribution in [3.63, 3.8) is 0 Å². The quantitative estimate of drug-likeness (QED) is 0.867. The number of ether oxygens (including phenoxy) is 1. The first kappa shape index (κ1) is 15.3. The Hall–Kier alpha value is -1.06. The lowest BCUT2D eigenvalue weighted by atomic mass is 9.94. The van der Waals surface area contributed by atoms with E-state index in [-0.39, 0.29) is 6.04 Å². The first-order chi connectivity index (χ1) is 9.72. The third-order valence-electron chi connectivity index (χ3n) is 4.26. The molecule has 0 aromatic heterocycles. The summed E-state index contributed by atoms with van der Waals surface area (Å²) in [6.07, 6.45) is 2.84. The van der Waals surface area contributed by atoms with Gasteiger partial charge >= 0.3 is 0 Å². The van der Waals surface area contributed by atoms with Crippen molar-refractivity contribution in [2.75, 3.05) is 19.7 Å². The van der Waals surface area contributed by atoms with Crippen LogP contribution in [0.25, 0.3) is 0 Å². The summed E-state index contributed by atoms with van der Waals surface area (Å²) in [6, 6.07) is 6.18. The van der Waals surface area contributed by atoms with Crippen molar-refractivity contribution < 1.29 is 9.84 Å². The van der Waals surface area contributed by atoms with Crippen molar-refractivity contribution in [1.82, 2.24) is 4.90 Å². The number of para-hydroxylation sites is 1. The Labute approximate surface area is 122 Å². The monoisotopic (exact) mass is 277 g/mol. The van der Waals surface area contributed by atoms with Gasteiger partial charge in [0, 0.05) is 5.56 Å². The Kier molecular flexibility index (Phi) is 5.44. The standard InChI is InChI=1S/C17H27NO2/c1-4-7-11-18(6-3)15-12-20-17-13(5-2)9-8-10-14(17)16(15)19/h8-10,15-16,19H,4-7,11-12H2,1-3H3. The van der Waals surface area contributed by atoms with Gasteiger partial charge in [-0.05, 0) is 31.5 Å². The molecular weight excluding hydrogens is 250 g/mol. The number of likely N-dealkylation sites (N-methyl/N-ethyl adjacent to an activating group) is 1. The van der Waals surface area contributed by atoms with Crippen LogP contribution in [0.2, 0.25) is 0 Å². The van der Waals surface area contributed by atoms with Crippen LogP contribution in [-0.4, -0.2) is 35.7 Å². The Balaban J connectivity index is 2.20. The highest BCUT2D eigenvalue weighted by Gasteiger charge is 2.33. The fraction of sp³-hybridized carbons (Fsp3) is 0.647. The first-order valence-corrected chi connectivity index (χ1v) is 7.89. The second kappa shape index (κ2) is 7.09. The second-order valence-electron chi connectivity index (χ2n) is 5.49. The number of unbranched alkanes of at least 4 members (excludes halogenated alkanes) is 1. The normalized spacial score (nSPS) is 21.6. The highest BCUT2D eigenvalue weighted by Crippen LogP contribution is 2.37. The third-order valence-corrected chi connectivity index (χ3v) is 4.26. The lowest BCUT2D eigenvalue weighted by Gasteiger charge is -2.38. The number of rotatable bonds is 6. The van der Waals surface area contributed by atoms with Crippen molar-refractivity contribution in [3.8, 4) is 5.75 Å². The van der Waals surface area contributed by atoms with Gasteiger partial charge in [0.25, 0.3) is 0 Å². The summed E-state index contributed by atoms with van der Waals surface area (Å²) in [7, 11) is 0. The molecule has 0 bridgehead atoms. The van der Waals surface area contributed by atoms with Gasteiger partial charge in [-0.25, -0.2) is 0 Å². The molecule has 20 heavy (non-hydrogen) atoms. The molecule has 2 atom stereocenters. The molecule has 0 saturated heterocycles. The van der Waals surface area contributed by atoms with Crippen LogP contribution >= 0.6 is 0 Å². The Morgan fingerprint density at radius 1 is 1.30 bits per heavy atom. The molecule has 1 aromatic rings. The van der Waals surface area contributed by atoms with Gasteiger partial charge < -0.3 is 9.84 Å². The molecule has 3 nitrogen and oxygen atoms in total. The van der Waals surface area contributed by atoms with Crippen molar-refractivity contribution in [3.05, 3.63) is 29.3 Å². The van der Waals surface area contributed by atoms with Crippen LogP contribution in [-0.2, 0) is 6.42 Å². The molecule has 3 heteroatoms. The van der Waals surface area contributed by atoms with Gasteiger partial charge in [0.1, 0.15) is 18.5 Å². The average molecular weight is 277 g/mol. The minimum Gasteiger partial charge on any atom is -0.491 e. The molecule has 2 unspecified atom stereocenters. The van der Waals surface area contributed by atoms with Gasteiger partial charge in [-0.2, -0.15) is 0 Å². The van der Waals surface area contributed by atoms with Gasteiger partial charge in [0.2, 0.25) is 0 Å². The largest absolute Gasteiger partial charge is 0.491 e. The predicted molar refractivity (Wildman–Crippen MR) is 82.2 cm³/mol. The van der Waals surface area contributed by atoms with E-state index in [9.17, 15) is 5.11 Å². The van der Waals surface area contributed by atoms with Crippen LogP contribution in [0.3, 0.4) is 0 Å². The Morgan fingerprint density at radius 3 is 2.75 bits per heavy atom. The molecule has 1 aromatic carbocycles. The van der Waals surface area contributed by atoms with Crippen molar-refractivity contribution in [1.29, 1.82) is 0 Å². The topological polar surface area (TPSA) is 32.7 Å². The molecule has 0 spiro atoms. The second-order valence-corrected chi connectivity index (χ2v) is 5.49. The highest BCUT2D eigenvalue weighted by molar-refractivity contribution is 5.44. The number of benzene rings is 1. The number of nitrogens with zero attached hydrogens (tertiary/aromatic N) is 1. The van der Waals surface area contributed by atoms with Gasteiger partial charge in [-0.1, -0.05) is 45.4 Å². The smallest absolute Gasteiger partial charge is 0.128 e. The molecule has 0 radical (unpaired) electrons. The molecule has 0 fully saturated rings.